The van der Waals surface area contributed by atoms with E-state index in [1.54, 1.807) is 6.33 Å². The minimum Gasteiger partial charge on any atom is -0.370 e. The van der Waals surface area contributed by atoms with Crippen LogP contribution < -0.4 is 16.0 Å². The molecule has 0 aromatic carbocycles. The SMILES string of the molecule is CCCN(C)c1cc(NCCC(C)(C)N)ncn1. The highest BCUT2D eigenvalue weighted by Crippen LogP contribution is 2.13. The minimum absolute atomic E-state index is 0.151. The zero-order chi connectivity index (χ0) is 13.6. The molecule has 0 atom stereocenters. The van der Waals surface area contributed by atoms with Gasteiger partial charge >= 0.3 is 0 Å². The van der Waals surface area contributed by atoms with Gasteiger partial charge in [-0.1, -0.05) is 6.92 Å². The molecule has 18 heavy (non-hydrogen) atoms. The predicted octanol–water partition coefficient (Wildman–Crippen LogP) is 1.86. The highest BCUT2D eigenvalue weighted by Gasteiger charge is 2.10. The first kappa shape index (κ1) is 14.7. The van der Waals surface area contributed by atoms with Gasteiger partial charge in [-0.2, -0.15) is 0 Å². The number of aromatic nitrogens is 2. The number of anilines is 2. The molecule has 0 aliphatic heterocycles. The maximum atomic E-state index is 5.94. The van der Waals surface area contributed by atoms with Gasteiger partial charge in [0.25, 0.3) is 0 Å². The molecule has 5 heteroatoms. The van der Waals surface area contributed by atoms with Gasteiger partial charge in [-0.3, -0.25) is 0 Å². The quantitative estimate of drug-likeness (QED) is 0.774. The summed E-state index contributed by atoms with van der Waals surface area (Å²) in [6, 6.07) is 1.97. The topological polar surface area (TPSA) is 67.1 Å². The van der Waals surface area contributed by atoms with Gasteiger partial charge in [-0.05, 0) is 26.7 Å². The molecule has 1 aromatic heterocycles. The summed E-state index contributed by atoms with van der Waals surface area (Å²) in [6.07, 6.45) is 3.60. The summed E-state index contributed by atoms with van der Waals surface area (Å²) < 4.78 is 0. The van der Waals surface area contributed by atoms with Crippen molar-refractivity contribution >= 4 is 11.6 Å². The van der Waals surface area contributed by atoms with Crippen molar-refractivity contribution in [2.24, 2.45) is 5.73 Å². The molecule has 0 radical (unpaired) electrons. The first-order valence-electron chi connectivity index (χ1n) is 6.48. The molecular weight excluding hydrogens is 226 g/mol. The van der Waals surface area contributed by atoms with Crippen LogP contribution >= 0.6 is 0 Å². The van der Waals surface area contributed by atoms with Crippen LogP contribution in [0.3, 0.4) is 0 Å². The number of nitrogens with one attached hydrogen (secondary N) is 1. The fourth-order valence-electron chi connectivity index (χ4n) is 1.62. The lowest BCUT2D eigenvalue weighted by Crippen LogP contribution is -2.34. The second-order valence-corrected chi connectivity index (χ2v) is 5.35. The summed E-state index contributed by atoms with van der Waals surface area (Å²) in [7, 11) is 2.04. The first-order valence-corrected chi connectivity index (χ1v) is 6.48. The number of hydrogen-bond donors (Lipinski definition) is 2. The van der Waals surface area contributed by atoms with Crippen LogP contribution in [0.5, 0.6) is 0 Å². The standard InChI is InChI=1S/C13H25N5/c1-5-8-18(4)12-9-11(16-10-17-12)15-7-6-13(2,3)14/h9-10H,5-8,14H2,1-4H3,(H,15,16,17). The Balaban J connectivity index is 2.54. The Hall–Kier alpha value is -1.36. The summed E-state index contributed by atoms with van der Waals surface area (Å²) >= 11 is 0. The summed E-state index contributed by atoms with van der Waals surface area (Å²) in [5, 5.41) is 3.28. The van der Waals surface area contributed by atoms with Gasteiger partial charge < -0.3 is 16.0 Å². The fraction of sp³-hybridized carbons (Fsp3) is 0.692. The second-order valence-electron chi connectivity index (χ2n) is 5.35. The Morgan fingerprint density at radius 3 is 2.72 bits per heavy atom. The van der Waals surface area contributed by atoms with Crippen molar-refractivity contribution in [1.29, 1.82) is 0 Å². The van der Waals surface area contributed by atoms with E-state index in [1.807, 2.05) is 27.0 Å². The molecule has 0 aliphatic carbocycles. The minimum atomic E-state index is -0.151. The van der Waals surface area contributed by atoms with Gasteiger partial charge in [0.05, 0.1) is 0 Å². The number of nitrogens with two attached hydrogens (primary N) is 1. The van der Waals surface area contributed by atoms with Crippen molar-refractivity contribution in [3.63, 3.8) is 0 Å². The third-order valence-electron chi connectivity index (χ3n) is 2.68. The van der Waals surface area contributed by atoms with Crippen LogP contribution in [-0.4, -0.2) is 35.6 Å². The van der Waals surface area contributed by atoms with Crippen LogP contribution in [0.1, 0.15) is 33.6 Å². The van der Waals surface area contributed by atoms with Crippen molar-refractivity contribution in [3.8, 4) is 0 Å². The smallest absolute Gasteiger partial charge is 0.133 e. The van der Waals surface area contributed by atoms with Gasteiger partial charge in [0.2, 0.25) is 0 Å². The maximum Gasteiger partial charge on any atom is 0.133 e. The third kappa shape index (κ3) is 5.31. The van der Waals surface area contributed by atoms with Crippen molar-refractivity contribution in [2.75, 3.05) is 30.4 Å². The van der Waals surface area contributed by atoms with E-state index in [2.05, 4.69) is 27.1 Å². The van der Waals surface area contributed by atoms with Crippen LogP contribution in [0.25, 0.3) is 0 Å². The molecule has 1 aromatic rings. The average molecular weight is 251 g/mol. The van der Waals surface area contributed by atoms with Gasteiger partial charge in [-0.25, -0.2) is 9.97 Å². The van der Waals surface area contributed by atoms with Crippen molar-refractivity contribution in [1.82, 2.24) is 9.97 Å². The van der Waals surface area contributed by atoms with Gasteiger partial charge in [0.1, 0.15) is 18.0 Å². The highest BCUT2D eigenvalue weighted by molar-refractivity contribution is 5.47. The fourth-order valence-corrected chi connectivity index (χ4v) is 1.62. The largest absolute Gasteiger partial charge is 0.370 e. The summed E-state index contributed by atoms with van der Waals surface area (Å²) in [4.78, 5) is 10.6. The molecular formula is C13H25N5. The molecule has 102 valence electrons. The Labute approximate surface area is 110 Å². The van der Waals surface area contributed by atoms with E-state index in [0.29, 0.717) is 0 Å². The van der Waals surface area contributed by atoms with Gasteiger partial charge in [0, 0.05) is 31.7 Å². The van der Waals surface area contributed by atoms with E-state index in [4.69, 9.17) is 5.73 Å². The average Bonchev–Trinajstić information content (AvgIpc) is 2.28. The molecule has 1 rings (SSSR count). The van der Waals surface area contributed by atoms with Crippen molar-refractivity contribution in [3.05, 3.63) is 12.4 Å². The van der Waals surface area contributed by atoms with Crippen LogP contribution in [0.2, 0.25) is 0 Å². The van der Waals surface area contributed by atoms with Crippen LogP contribution in [-0.2, 0) is 0 Å². The zero-order valence-corrected chi connectivity index (χ0v) is 11.9. The van der Waals surface area contributed by atoms with E-state index in [9.17, 15) is 0 Å². The number of nitrogens with zero attached hydrogens (tertiary/aromatic N) is 3. The lowest BCUT2D eigenvalue weighted by atomic mass is 10.0. The molecule has 0 saturated carbocycles. The maximum absolute atomic E-state index is 5.94. The summed E-state index contributed by atoms with van der Waals surface area (Å²) in [5.74, 6) is 1.80. The zero-order valence-electron chi connectivity index (χ0n) is 11.9. The van der Waals surface area contributed by atoms with E-state index in [-0.39, 0.29) is 5.54 Å². The van der Waals surface area contributed by atoms with Crippen LogP contribution in [0.15, 0.2) is 12.4 Å². The molecule has 0 spiro atoms. The first-order chi connectivity index (χ1) is 8.42. The van der Waals surface area contributed by atoms with E-state index < -0.39 is 0 Å². The molecule has 3 N–H and O–H groups in total. The predicted molar refractivity (Wildman–Crippen MR) is 77.0 cm³/mol. The van der Waals surface area contributed by atoms with Crippen molar-refractivity contribution < 1.29 is 0 Å². The number of hydrogen-bond acceptors (Lipinski definition) is 5. The monoisotopic (exact) mass is 251 g/mol. The van der Waals surface area contributed by atoms with Gasteiger partial charge in [-0.15, -0.1) is 0 Å². The Morgan fingerprint density at radius 1 is 1.39 bits per heavy atom. The third-order valence-corrected chi connectivity index (χ3v) is 2.68. The molecule has 1 heterocycles. The van der Waals surface area contributed by atoms with Crippen molar-refractivity contribution in [2.45, 2.75) is 39.2 Å². The molecule has 0 bridgehead atoms. The van der Waals surface area contributed by atoms with E-state index in [1.165, 1.54) is 0 Å². The Morgan fingerprint density at radius 2 is 2.11 bits per heavy atom. The molecule has 0 saturated heterocycles. The Kier molecular flexibility index (Phi) is 5.34. The summed E-state index contributed by atoms with van der Waals surface area (Å²) in [6.45, 7) is 8.01. The lowest BCUT2D eigenvalue weighted by Gasteiger charge is -2.20. The molecule has 0 aliphatic rings. The lowest BCUT2D eigenvalue weighted by molar-refractivity contribution is 0.490. The molecule has 0 unspecified atom stereocenters. The molecule has 0 fully saturated rings. The normalized spacial score (nSPS) is 11.4. The number of rotatable bonds is 7. The van der Waals surface area contributed by atoms with Gasteiger partial charge in [0.15, 0.2) is 0 Å². The Bertz CT molecular complexity index is 359. The van der Waals surface area contributed by atoms with E-state index in [0.717, 1.165) is 37.6 Å². The highest BCUT2D eigenvalue weighted by atomic mass is 15.2. The molecule has 5 nitrogen and oxygen atoms in total. The van der Waals surface area contributed by atoms with Crippen LogP contribution in [0.4, 0.5) is 11.6 Å². The second kappa shape index (κ2) is 6.54. The van der Waals surface area contributed by atoms with E-state index >= 15 is 0 Å². The molecule has 0 amide bonds. The van der Waals surface area contributed by atoms with Crippen LogP contribution in [0, 0.1) is 0 Å². The summed E-state index contributed by atoms with van der Waals surface area (Å²) in [5.41, 5.74) is 5.79.